The molecule has 0 amide bonds. The van der Waals surface area contributed by atoms with E-state index in [0.29, 0.717) is 0 Å². The van der Waals surface area contributed by atoms with Crippen molar-refractivity contribution in [3.63, 3.8) is 0 Å². The van der Waals surface area contributed by atoms with Crippen molar-refractivity contribution in [1.82, 2.24) is 10.6 Å². The van der Waals surface area contributed by atoms with Crippen LogP contribution in [0, 0.1) is 11.3 Å². The van der Waals surface area contributed by atoms with Crippen molar-refractivity contribution in [2.45, 2.75) is 24.9 Å². The van der Waals surface area contributed by atoms with E-state index in [0.717, 1.165) is 32.5 Å². The molecule has 3 heteroatoms. The number of benzene rings is 1. The van der Waals surface area contributed by atoms with E-state index >= 15 is 0 Å². The average Bonchev–Trinajstić information content (AvgIpc) is 2.39. The van der Waals surface area contributed by atoms with E-state index in [1.165, 1.54) is 5.56 Å². The monoisotopic (exact) mass is 215 g/mol. The van der Waals surface area contributed by atoms with Crippen LogP contribution >= 0.6 is 0 Å². The van der Waals surface area contributed by atoms with Gasteiger partial charge in [0.1, 0.15) is 5.54 Å². The molecule has 0 unspecified atom stereocenters. The summed E-state index contributed by atoms with van der Waals surface area (Å²) in [6, 6.07) is 12.7. The van der Waals surface area contributed by atoms with Gasteiger partial charge < -0.3 is 5.32 Å². The number of piperidine rings is 1. The lowest BCUT2D eigenvalue weighted by atomic mass is 9.90. The third-order valence-electron chi connectivity index (χ3n) is 3.14. The van der Waals surface area contributed by atoms with E-state index in [1.54, 1.807) is 0 Å². The van der Waals surface area contributed by atoms with Crippen LogP contribution in [0.15, 0.2) is 30.3 Å². The summed E-state index contributed by atoms with van der Waals surface area (Å²) >= 11 is 0. The first-order valence-electron chi connectivity index (χ1n) is 5.76. The van der Waals surface area contributed by atoms with Gasteiger partial charge in [0, 0.05) is 6.54 Å². The molecule has 0 spiro atoms. The first kappa shape index (κ1) is 11.1. The van der Waals surface area contributed by atoms with Crippen LogP contribution in [0.3, 0.4) is 0 Å². The molecule has 0 radical (unpaired) electrons. The minimum Gasteiger partial charge on any atom is -0.317 e. The van der Waals surface area contributed by atoms with Gasteiger partial charge in [-0.15, -0.1) is 0 Å². The van der Waals surface area contributed by atoms with Crippen LogP contribution in [0.4, 0.5) is 0 Å². The predicted octanol–water partition coefficient (Wildman–Crippen LogP) is 1.42. The van der Waals surface area contributed by atoms with E-state index in [-0.39, 0.29) is 5.54 Å². The lowest BCUT2D eigenvalue weighted by Crippen LogP contribution is -2.50. The fraction of sp³-hybridized carbons (Fsp3) is 0.462. The Labute approximate surface area is 96.5 Å². The van der Waals surface area contributed by atoms with Gasteiger partial charge in [-0.1, -0.05) is 30.3 Å². The van der Waals surface area contributed by atoms with Gasteiger partial charge in [-0.05, 0) is 31.5 Å². The van der Waals surface area contributed by atoms with Crippen LogP contribution in [0.5, 0.6) is 0 Å². The van der Waals surface area contributed by atoms with E-state index in [4.69, 9.17) is 0 Å². The van der Waals surface area contributed by atoms with Crippen molar-refractivity contribution >= 4 is 0 Å². The molecule has 1 saturated heterocycles. The van der Waals surface area contributed by atoms with Gasteiger partial charge in [0.15, 0.2) is 0 Å². The topological polar surface area (TPSA) is 47.9 Å². The van der Waals surface area contributed by atoms with E-state index in [2.05, 4.69) is 28.8 Å². The Morgan fingerprint density at radius 3 is 2.56 bits per heavy atom. The number of rotatable bonds is 3. The summed E-state index contributed by atoms with van der Waals surface area (Å²) in [5, 5.41) is 16.0. The van der Waals surface area contributed by atoms with Gasteiger partial charge in [-0.2, -0.15) is 5.26 Å². The average molecular weight is 215 g/mol. The highest BCUT2D eigenvalue weighted by molar-refractivity contribution is 5.17. The van der Waals surface area contributed by atoms with Crippen LogP contribution < -0.4 is 10.6 Å². The van der Waals surface area contributed by atoms with Gasteiger partial charge in [0.2, 0.25) is 0 Å². The maximum absolute atomic E-state index is 9.28. The first-order valence-corrected chi connectivity index (χ1v) is 5.76. The molecule has 0 atom stereocenters. The molecule has 1 aliphatic heterocycles. The second-order valence-corrected chi connectivity index (χ2v) is 4.28. The highest BCUT2D eigenvalue weighted by Crippen LogP contribution is 2.17. The summed E-state index contributed by atoms with van der Waals surface area (Å²) in [7, 11) is 0. The quantitative estimate of drug-likeness (QED) is 0.801. The molecule has 0 aromatic heterocycles. The largest absolute Gasteiger partial charge is 0.317 e. The van der Waals surface area contributed by atoms with E-state index in [9.17, 15) is 5.26 Å². The minimum atomic E-state index is -0.332. The van der Waals surface area contributed by atoms with Crippen LogP contribution in [-0.4, -0.2) is 18.6 Å². The fourth-order valence-corrected chi connectivity index (χ4v) is 2.05. The second kappa shape index (κ2) is 5.11. The van der Waals surface area contributed by atoms with Crippen molar-refractivity contribution in [2.24, 2.45) is 0 Å². The van der Waals surface area contributed by atoms with E-state index < -0.39 is 0 Å². The SMILES string of the molecule is N#CC1(NCc2ccccc2)CCNCC1. The van der Waals surface area contributed by atoms with Gasteiger partial charge in [-0.3, -0.25) is 5.32 Å². The number of hydrogen-bond donors (Lipinski definition) is 2. The molecule has 84 valence electrons. The Kier molecular flexibility index (Phi) is 3.55. The molecule has 16 heavy (non-hydrogen) atoms. The zero-order valence-electron chi connectivity index (χ0n) is 9.37. The minimum absolute atomic E-state index is 0.332. The molecule has 1 fully saturated rings. The molecule has 0 saturated carbocycles. The van der Waals surface area contributed by atoms with Gasteiger partial charge in [0.05, 0.1) is 6.07 Å². The van der Waals surface area contributed by atoms with E-state index in [1.807, 2.05) is 18.2 Å². The van der Waals surface area contributed by atoms with Crippen molar-refractivity contribution in [3.8, 4) is 6.07 Å². The summed E-state index contributed by atoms with van der Waals surface area (Å²) in [5.41, 5.74) is 0.900. The third kappa shape index (κ3) is 2.60. The molecule has 2 rings (SSSR count). The lowest BCUT2D eigenvalue weighted by Gasteiger charge is -2.32. The van der Waals surface area contributed by atoms with Crippen molar-refractivity contribution in [1.29, 1.82) is 5.26 Å². The first-order chi connectivity index (χ1) is 7.85. The summed E-state index contributed by atoms with van der Waals surface area (Å²) in [6.45, 7) is 2.62. The molecule has 1 heterocycles. The molecule has 3 nitrogen and oxygen atoms in total. The maximum Gasteiger partial charge on any atom is 0.109 e. The Morgan fingerprint density at radius 2 is 1.94 bits per heavy atom. The third-order valence-corrected chi connectivity index (χ3v) is 3.14. The zero-order valence-corrected chi connectivity index (χ0v) is 9.37. The molecule has 1 aromatic rings. The summed E-state index contributed by atoms with van der Waals surface area (Å²) in [5.74, 6) is 0. The van der Waals surface area contributed by atoms with Crippen LogP contribution in [-0.2, 0) is 6.54 Å². The molecule has 1 aromatic carbocycles. The van der Waals surface area contributed by atoms with Crippen LogP contribution in [0.1, 0.15) is 18.4 Å². The zero-order chi connectivity index (χ0) is 11.3. The Morgan fingerprint density at radius 1 is 1.25 bits per heavy atom. The molecule has 0 bridgehead atoms. The molecule has 0 aliphatic carbocycles. The van der Waals surface area contributed by atoms with Crippen molar-refractivity contribution in [2.75, 3.05) is 13.1 Å². The summed E-state index contributed by atoms with van der Waals surface area (Å²) in [4.78, 5) is 0. The maximum atomic E-state index is 9.28. The van der Waals surface area contributed by atoms with Crippen molar-refractivity contribution < 1.29 is 0 Å². The standard InChI is InChI=1S/C13H17N3/c14-11-13(6-8-15-9-7-13)16-10-12-4-2-1-3-5-12/h1-5,15-16H,6-10H2. The van der Waals surface area contributed by atoms with Crippen molar-refractivity contribution in [3.05, 3.63) is 35.9 Å². The highest BCUT2D eigenvalue weighted by Gasteiger charge is 2.30. The van der Waals surface area contributed by atoms with Crippen LogP contribution in [0.2, 0.25) is 0 Å². The number of nitrogens with zero attached hydrogens (tertiary/aromatic N) is 1. The number of nitrogens with one attached hydrogen (secondary N) is 2. The summed E-state index contributed by atoms with van der Waals surface area (Å²) < 4.78 is 0. The Balaban J connectivity index is 1.95. The highest BCUT2D eigenvalue weighted by atomic mass is 15.0. The van der Waals surface area contributed by atoms with Crippen LogP contribution in [0.25, 0.3) is 0 Å². The molecular weight excluding hydrogens is 198 g/mol. The van der Waals surface area contributed by atoms with Gasteiger partial charge in [-0.25, -0.2) is 0 Å². The molecular formula is C13H17N3. The molecule has 2 N–H and O–H groups in total. The molecule has 1 aliphatic rings. The second-order valence-electron chi connectivity index (χ2n) is 4.28. The van der Waals surface area contributed by atoms with Gasteiger partial charge in [0.25, 0.3) is 0 Å². The Bertz CT molecular complexity index is 361. The number of nitriles is 1. The van der Waals surface area contributed by atoms with Gasteiger partial charge >= 0.3 is 0 Å². The fourth-order valence-electron chi connectivity index (χ4n) is 2.05. The summed E-state index contributed by atoms with van der Waals surface area (Å²) in [6.07, 6.45) is 1.77. The Hall–Kier alpha value is -1.37. The normalized spacial score (nSPS) is 18.9. The lowest BCUT2D eigenvalue weighted by molar-refractivity contribution is 0.309. The smallest absolute Gasteiger partial charge is 0.109 e. The predicted molar refractivity (Wildman–Crippen MR) is 63.7 cm³/mol. The number of hydrogen-bond acceptors (Lipinski definition) is 3.